The van der Waals surface area contributed by atoms with Gasteiger partial charge < -0.3 is 10.1 Å². The molecule has 0 aliphatic heterocycles. The van der Waals surface area contributed by atoms with E-state index < -0.39 is 0 Å². The smallest absolute Gasteiger partial charge is 0.121 e. The van der Waals surface area contributed by atoms with E-state index in [1.165, 1.54) is 32.1 Å². The monoisotopic (exact) mass is 327 g/mol. The van der Waals surface area contributed by atoms with Gasteiger partial charge in [0.2, 0.25) is 0 Å². The van der Waals surface area contributed by atoms with Gasteiger partial charge in [0.1, 0.15) is 5.75 Å². The summed E-state index contributed by atoms with van der Waals surface area (Å²) in [7, 11) is 1.71. The number of hydrogen-bond acceptors (Lipinski definition) is 4. The van der Waals surface area contributed by atoms with Crippen LogP contribution in [0, 0.1) is 0 Å². The second-order valence-corrected chi connectivity index (χ2v) is 6.60. The minimum Gasteiger partial charge on any atom is -0.497 e. The van der Waals surface area contributed by atoms with Crippen LogP contribution in [0.15, 0.2) is 30.5 Å². The van der Waals surface area contributed by atoms with Crippen molar-refractivity contribution in [2.45, 2.75) is 45.1 Å². The Balaban J connectivity index is 1.66. The first kappa shape index (κ1) is 17.0. The third-order valence-corrected chi connectivity index (χ3v) is 5.13. The molecule has 0 atom stereocenters. The topological polar surface area (TPSA) is 37.4 Å². The molecule has 1 aromatic carbocycles. The zero-order valence-corrected chi connectivity index (χ0v) is 14.9. The molecule has 0 radical (unpaired) electrons. The number of nitrogens with one attached hydrogen (secondary N) is 1. The molecule has 1 aromatic heterocycles. The van der Waals surface area contributed by atoms with Crippen LogP contribution in [0.4, 0.5) is 5.69 Å². The van der Waals surface area contributed by atoms with Gasteiger partial charge in [-0.25, -0.2) is 0 Å². The molecule has 1 N–H and O–H groups in total. The lowest BCUT2D eigenvalue weighted by molar-refractivity contribution is 0.169. The predicted octanol–water partition coefficient (Wildman–Crippen LogP) is 4.31. The van der Waals surface area contributed by atoms with E-state index in [0.29, 0.717) is 0 Å². The Labute approximate surface area is 145 Å². The maximum atomic E-state index is 5.43. The third-order valence-electron chi connectivity index (χ3n) is 5.13. The molecule has 0 saturated heterocycles. The molecule has 24 heavy (non-hydrogen) atoms. The van der Waals surface area contributed by atoms with E-state index in [9.17, 15) is 0 Å². The van der Waals surface area contributed by atoms with Crippen molar-refractivity contribution < 1.29 is 4.74 Å². The summed E-state index contributed by atoms with van der Waals surface area (Å²) in [4.78, 5) is 7.16. The molecule has 0 unspecified atom stereocenters. The quantitative estimate of drug-likeness (QED) is 0.822. The van der Waals surface area contributed by atoms with Crippen molar-refractivity contribution in [3.05, 3.63) is 30.5 Å². The Bertz CT molecular complexity index is 652. The zero-order chi connectivity index (χ0) is 16.8. The van der Waals surface area contributed by atoms with Gasteiger partial charge in [-0.1, -0.05) is 32.3 Å². The molecule has 0 spiro atoms. The molecule has 1 heterocycles. The van der Waals surface area contributed by atoms with Crippen molar-refractivity contribution in [3.63, 3.8) is 0 Å². The van der Waals surface area contributed by atoms with Crippen LogP contribution < -0.4 is 10.1 Å². The summed E-state index contributed by atoms with van der Waals surface area (Å²) in [6, 6.07) is 8.90. The van der Waals surface area contributed by atoms with E-state index in [1.807, 2.05) is 24.4 Å². The van der Waals surface area contributed by atoms with Gasteiger partial charge >= 0.3 is 0 Å². The highest BCUT2D eigenvalue weighted by atomic mass is 16.5. The number of fused-ring (bicyclic) bond motifs is 1. The average molecular weight is 327 g/mol. The van der Waals surface area contributed by atoms with Crippen molar-refractivity contribution in [3.8, 4) is 5.75 Å². The third kappa shape index (κ3) is 3.99. The first-order valence-electron chi connectivity index (χ1n) is 9.22. The Morgan fingerprint density at radius 2 is 2.08 bits per heavy atom. The fourth-order valence-corrected chi connectivity index (χ4v) is 3.80. The van der Waals surface area contributed by atoms with E-state index in [-0.39, 0.29) is 0 Å². The number of hydrogen-bond donors (Lipinski definition) is 1. The largest absolute Gasteiger partial charge is 0.497 e. The molecule has 0 amide bonds. The molecule has 1 fully saturated rings. The number of pyridine rings is 1. The average Bonchev–Trinajstić information content (AvgIpc) is 2.65. The molecule has 4 nitrogen and oxygen atoms in total. The van der Waals surface area contributed by atoms with Gasteiger partial charge in [-0.2, -0.15) is 0 Å². The Hall–Kier alpha value is -1.81. The van der Waals surface area contributed by atoms with E-state index in [4.69, 9.17) is 4.74 Å². The second kappa shape index (κ2) is 8.34. The van der Waals surface area contributed by atoms with Gasteiger partial charge in [-0.3, -0.25) is 9.88 Å². The molecule has 0 bridgehead atoms. The van der Waals surface area contributed by atoms with Crippen LogP contribution in [0.3, 0.4) is 0 Å². The van der Waals surface area contributed by atoms with Crippen LogP contribution in [-0.4, -0.2) is 42.7 Å². The summed E-state index contributed by atoms with van der Waals surface area (Å²) in [6.45, 7) is 5.41. The van der Waals surface area contributed by atoms with Crippen LogP contribution >= 0.6 is 0 Å². The lowest BCUT2D eigenvalue weighted by Crippen LogP contribution is -2.39. The predicted molar refractivity (Wildman–Crippen MR) is 101 cm³/mol. The van der Waals surface area contributed by atoms with Crippen LogP contribution in [0.1, 0.15) is 39.0 Å². The fraction of sp³-hybridized carbons (Fsp3) is 0.550. The lowest BCUT2D eigenvalue weighted by Gasteiger charge is -2.33. The Morgan fingerprint density at radius 3 is 2.83 bits per heavy atom. The molecule has 1 aliphatic rings. The normalized spacial score (nSPS) is 15.8. The fourth-order valence-electron chi connectivity index (χ4n) is 3.80. The number of benzene rings is 1. The number of rotatable bonds is 7. The maximum absolute atomic E-state index is 5.43. The van der Waals surface area contributed by atoms with Crippen LogP contribution in [0.2, 0.25) is 0 Å². The van der Waals surface area contributed by atoms with Gasteiger partial charge in [0, 0.05) is 36.8 Å². The number of ether oxygens (including phenoxy) is 1. The number of anilines is 1. The summed E-state index contributed by atoms with van der Waals surface area (Å²) < 4.78 is 5.43. The van der Waals surface area contributed by atoms with E-state index >= 15 is 0 Å². The van der Waals surface area contributed by atoms with Crippen molar-refractivity contribution in [1.82, 2.24) is 9.88 Å². The van der Waals surface area contributed by atoms with Gasteiger partial charge in [0.05, 0.1) is 18.3 Å². The molecular weight excluding hydrogens is 298 g/mol. The molecule has 2 aromatic rings. The molecule has 1 aliphatic carbocycles. The molecular formula is C20H29N3O. The van der Waals surface area contributed by atoms with Crippen molar-refractivity contribution in [2.75, 3.05) is 32.1 Å². The number of methoxy groups -OCH3 is 1. The van der Waals surface area contributed by atoms with Crippen molar-refractivity contribution in [1.29, 1.82) is 0 Å². The highest BCUT2D eigenvalue weighted by Gasteiger charge is 2.19. The van der Waals surface area contributed by atoms with Gasteiger partial charge in [-0.05, 0) is 31.5 Å². The molecule has 3 rings (SSSR count). The first-order valence-corrected chi connectivity index (χ1v) is 9.22. The van der Waals surface area contributed by atoms with Crippen LogP contribution in [0.25, 0.3) is 10.9 Å². The van der Waals surface area contributed by atoms with Crippen LogP contribution in [0.5, 0.6) is 5.75 Å². The number of likely N-dealkylation sites (N-methyl/N-ethyl adjacent to an activating group) is 1. The second-order valence-electron chi connectivity index (χ2n) is 6.60. The first-order chi connectivity index (χ1) is 11.8. The standard InChI is InChI=1S/C20H29N3O/c1-3-23(17-9-5-4-6-10-17)13-12-21-19-15-18(24-2)14-16-8-7-11-22-20(16)19/h7-8,11,14-15,17,21H,3-6,9-10,12-13H2,1-2H3. The summed E-state index contributed by atoms with van der Waals surface area (Å²) in [5.41, 5.74) is 2.07. The molecule has 1 saturated carbocycles. The number of nitrogens with zero attached hydrogens (tertiary/aromatic N) is 2. The highest BCUT2D eigenvalue weighted by molar-refractivity contribution is 5.91. The summed E-state index contributed by atoms with van der Waals surface area (Å²) in [5.74, 6) is 0.873. The summed E-state index contributed by atoms with van der Waals surface area (Å²) in [5, 5.41) is 4.69. The number of aromatic nitrogens is 1. The van der Waals surface area contributed by atoms with Gasteiger partial charge in [-0.15, -0.1) is 0 Å². The Kier molecular flexibility index (Phi) is 5.91. The van der Waals surface area contributed by atoms with Crippen molar-refractivity contribution >= 4 is 16.6 Å². The Morgan fingerprint density at radius 1 is 1.25 bits per heavy atom. The molecule has 130 valence electrons. The minimum absolute atomic E-state index is 0.769. The van der Waals surface area contributed by atoms with Gasteiger partial charge in [0.15, 0.2) is 0 Å². The summed E-state index contributed by atoms with van der Waals surface area (Å²) >= 11 is 0. The van der Waals surface area contributed by atoms with E-state index in [0.717, 1.165) is 48.0 Å². The highest BCUT2D eigenvalue weighted by Crippen LogP contribution is 2.28. The zero-order valence-electron chi connectivity index (χ0n) is 14.9. The van der Waals surface area contributed by atoms with Crippen LogP contribution in [-0.2, 0) is 0 Å². The van der Waals surface area contributed by atoms with E-state index in [1.54, 1.807) is 7.11 Å². The minimum atomic E-state index is 0.769. The maximum Gasteiger partial charge on any atom is 0.121 e. The van der Waals surface area contributed by atoms with Gasteiger partial charge in [0.25, 0.3) is 0 Å². The van der Waals surface area contributed by atoms with E-state index in [2.05, 4.69) is 28.2 Å². The van der Waals surface area contributed by atoms with Crippen molar-refractivity contribution in [2.24, 2.45) is 0 Å². The summed E-state index contributed by atoms with van der Waals surface area (Å²) in [6.07, 6.45) is 8.75. The lowest BCUT2D eigenvalue weighted by atomic mass is 9.94. The molecule has 4 heteroatoms. The SMILES string of the molecule is CCN(CCNc1cc(OC)cc2cccnc12)C1CCCCC1.